The lowest BCUT2D eigenvalue weighted by Gasteiger charge is -2.06. The summed E-state index contributed by atoms with van der Waals surface area (Å²) in [6.45, 7) is 0. The van der Waals surface area contributed by atoms with Crippen molar-refractivity contribution in [3.63, 3.8) is 0 Å². The smallest absolute Gasteiger partial charge is 0.318 e. The van der Waals surface area contributed by atoms with E-state index in [1.54, 1.807) is 6.07 Å². The Hall–Kier alpha value is -2.11. The molecule has 0 fully saturated rings. The van der Waals surface area contributed by atoms with Gasteiger partial charge in [0.25, 0.3) is 0 Å². The molecule has 0 aliphatic rings. The number of hydrogen-bond acceptors (Lipinski definition) is 2. The number of halogens is 1. The first-order valence-electron chi connectivity index (χ1n) is 3.75. The molecule has 0 aromatic heterocycles. The molecule has 0 bridgehead atoms. The van der Waals surface area contributed by atoms with Crippen molar-refractivity contribution in [2.24, 2.45) is 5.73 Å². The van der Waals surface area contributed by atoms with Crippen molar-refractivity contribution in [2.75, 3.05) is 5.32 Å². The molecule has 5 N–H and O–H groups in total. The second-order valence-electron chi connectivity index (χ2n) is 2.50. The van der Waals surface area contributed by atoms with Crippen LogP contribution in [0.1, 0.15) is 0 Å². The molecule has 1 rings (SSSR count). The Labute approximate surface area is 79.6 Å². The molecule has 0 aliphatic heterocycles. The van der Waals surface area contributed by atoms with Crippen LogP contribution in [0.3, 0.4) is 0 Å². The van der Waals surface area contributed by atoms with Crippen LogP contribution in [0.4, 0.5) is 14.9 Å². The van der Waals surface area contributed by atoms with Crippen molar-refractivity contribution in [3.05, 3.63) is 30.1 Å². The van der Waals surface area contributed by atoms with E-state index in [4.69, 9.17) is 11.1 Å². The van der Waals surface area contributed by atoms with Gasteiger partial charge in [-0.1, -0.05) is 6.07 Å². The summed E-state index contributed by atoms with van der Waals surface area (Å²) >= 11 is 0. The predicted octanol–water partition coefficient (Wildman–Crippen LogP) is 0.841. The fourth-order valence-electron chi connectivity index (χ4n) is 0.865. The van der Waals surface area contributed by atoms with Gasteiger partial charge >= 0.3 is 6.03 Å². The molecule has 0 saturated heterocycles. The number of benzene rings is 1. The monoisotopic (exact) mass is 196 g/mol. The summed E-state index contributed by atoms with van der Waals surface area (Å²) < 4.78 is 12.7. The molecule has 5 nitrogen and oxygen atoms in total. The van der Waals surface area contributed by atoms with Gasteiger partial charge in [0.1, 0.15) is 5.82 Å². The van der Waals surface area contributed by atoms with Crippen LogP contribution in [0.5, 0.6) is 0 Å². The molecule has 1 aromatic rings. The second-order valence-corrected chi connectivity index (χ2v) is 2.50. The Morgan fingerprint density at radius 2 is 2.21 bits per heavy atom. The number of urea groups is 1. The average molecular weight is 196 g/mol. The van der Waals surface area contributed by atoms with Crippen LogP contribution >= 0.6 is 0 Å². The first-order chi connectivity index (χ1) is 6.58. The third-order valence-corrected chi connectivity index (χ3v) is 1.34. The third-order valence-electron chi connectivity index (χ3n) is 1.34. The van der Waals surface area contributed by atoms with Crippen molar-refractivity contribution in [3.8, 4) is 0 Å². The normalized spacial score (nSPS) is 9.21. The van der Waals surface area contributed by atoms with Crippen molar-refractivity contribution in [1.29, 1.82) is 5.41 Å². The van der Waals surface area contributed by atoms with Crippen LogP contribution in [0.25, 0.3) is 0 Å². The number of hydrogen-bond donors (Lipinski definition) is 4. The molecule has 0 spiro atoms. The van der Waals surface area contributed by atoms with Crippen molar-refractivity contribution in [1.82, 2.24) is 5.32 Å². The van der Waals surface area contributed by atoms with E-state index in [0.717, 1.165) is 0 Å². The molecule has 0 atom stereocenters. The summed E-state index contributed by atoms with van der Waals surface area (Å²) in [6.07, 6.45) is 0. The number of nitrogens with two attached hydrogens (primary N) is 1. The van der Waals surface area contributed by atoms with Gasteiger partial charge in [0.05, 0.1) is 0 Å². The lowest BCUT2D eigenvalue weighted by molar-refractivity contribution is 0.253. The van der Waals surface area contributed by atoms with Gasteiger partial charge in [-0.2, -0.15) is 0 Å². The predicted molar refractivity (Wildman–Crippen MR) is 50.5 cm³/mol. The zero-order valence-corrected chi connectivity index (χ0v) is 7.17. The summed E-state index contributed by atoms with van der Waals surface area (Å²) in [5, 5.41) is 11.6. The minimum absolute atomic E-state index is 0.303. The molecule has 6 heteroatoms. The SMILES string of the molecule is N=C(NC(N)=O)Nc1cccc(F)c1. The molecular formula is C8H9FN4O. The van der Waals surface area contributed by atoms with Crippen LogP contribution in [0.15, 0.2) is 24.3 Å². The van der Waals surface area contributed by atoms with Crippen molar-refractivity contribution < 1.29 is 9.18 Å². The maximum Gasteiger partial charge on any atom is 0.318 e. The number of carbonyl (C=O) groups excluding carboxylic acids is 1. The van der Waals surface area contributed by atoms with E-state index in [1.165, 1.54) is 18.2 Å². The zero-order chi connectivity index (χ0) is 10.6. The third kappa shape index (κ3) is 3.10. The van der Waals surface area contributed by atoms with Crippen LogP contribution in [-0.4, -0.2) is 12.0 Å². The van der Waals surface area contributed by atoms with Gasteiger partial charge in [0.2, 0.25) is 5.96 Å². The van der Waals surface area contributed by atoms with Crippen molar-refractivity contribution in [2.45, 2.75) is 0 Å². The Bertz CT molecular complexity index is 366. The largest absolute Gasteiger partial charge is 0.351 e. The molecule has 2 amide bonds. The average Bonchev–Trinajstić information content (AvgIpc) is 2.01. The van der Waals surface area contributed by atoms with E-state index >= 15 is 0 Å². The molecule has 74 valence electrons. The Balaban J connectivity index is 2.60. The van der Waals surface area contributed by atoms with Crippen molar-refractivity contribution >= 4 is 17.7 Å². The highest BCUT2D eigenvalue weighted by Gasteiger charge is 2.00. The van der Waals surface area contributed by atoms with E-state index in [9.17, 15) is 9.18 Å². The van der Waals surface area contributed by atoms with Gasteiger partial charge in [-0.25, -0.2) is 9.18 Å². The van der Waals surface area contributed by atoms with Gasteiger partial charge in [-0.3, -0.25) is 10.7 Å². The van der Waals surface area contributed by atoms with Crippen LogP contribution in [0.2, 0.25) is 0 Å². The number of rotatable bonds is 1. The first kappa shape index (κ1) is 9.97. The highest BCUT2D eigenvalue weighted by molar-refractivity contribution is 6.01. The number of guanidine groups is 1. The molecule has 1 aromatic carbocycles. The molecule has 0 saturated carbocycles. The molecule has 14 heavy (non-hydrogen) atoms. The van der Waals surface area contributed by atoms with E-state index < -0.39 is 11.8 Å². The van der Waals surface area contributed by atoms with E-state index in [-0.39, 0.29) is 5.96 Å². The summed E-state index contributed by atoms with van der Waals surface area (Å²) in [6, 6.07) is 4.65. The van der Waals surface area contributed by atoms with Gasteiger partial charge in [-0.05, 0) is 18.2 Å². The Morgan fingerprint density at radius 1 is 1.50 bits per heavy atom. The first-order valence-corrected chi connectivity index (χ1v) is 3.75. The summed E-state index contributed by atoms with van der Waals surface area (Å²) in [4.78, 5) is 10.3. The molecule has 0 aliphatic carbocycles. The van der Waals surface area contributed by atoms with E-state index in [0.29, 0.717) is 5.69 Å². The fourth-order valence-corrected chi connectivity index (χ4v) is 0.865. The Morgan fingerprint density at radius 3 is 2.79 bits per heavy atom. The quantitative estimate of drug-likeness (QED) is 0.396. The van der Waals surface area contributed by atoms with E-state index in [1.807, 2.05) is 5.32 Å². The summed E-state index contributed by atoms with van der Waals surface area (Å²) in [5.74, 6) is -0.732. The lowest BCUT2D eigenvalue weighted by Crippen LogP contribution is -2.38. The number of nitrogens with one attached hydrogen (secondary N) is 3. The number of anilines is 1. The minimum Gasteiger partial charge on any atom is -0.351 e. The maximum atomic E-state index is 12.7. The van der Waals surface area contributed by atoms with Crippen LogP contribution in [0, 0.1) is 11.2 Å². The Kier molecular flexibility index (Phi) is 3.01. The molecular weight excluding hydrogens is 187 g/mol. The van der Waals surface area contributed by atoms with E-state index in [2.05, 4.69) is 5.32 Å². The number of amides is 2. The highest BCUT2D eigenvalue weighted by atomic mass is 19.1. The lowest BCUT2D eigenvalue weighted by atomic mass is 10.3. The minimum atomic E-state index is -0.848. The standard InChI is InChI=1S/C8H9FN4O/c9-5-2-1-3-6(4-5)12-7(10)13-8(11)14/h1-4H,(H5,10,11,12,13,14). The van der Waals surface area contributed by atoms with Gasteiger partial charge in [-0.15, -0.1) is 0 Å². The maximum absolute atomic E-state index is 12.7. The fraction of sp³-hybridized carbons (Fsp3) is 0. The zero-order valence-electron chi connectivity index (χ0n) is 7.17. The van der Waals surface area contributed by atoms with Crippen LogP contribution < -0.4 is 16.4 Å². The number of carbonyl (C=O) groups is 1. The molecule has 0 radical (unpaired) electrons. The summed E-state index contributed by atoms with van der Waals surface area (Å²) in [7, 11) is 0. The van der Waals surface area contributed by atoms with Gasteiger partial charge in [0, 0.05) is 5.69 Å². The van der Waals surface area contributed by atoms with Gasteiger partial charge < -0.3 is 11.1 Å². The second kappa shape index (κ2) is 4.22. The molecule has 0 heterocycles. The molecule has 0 unspecified atom stereocenters. The number of primary amides is 1. The highest BCUT2D eigenvalue weighted by Crippen LogP contribution is 2.08. The van der Waals surface area contributed by atoms with Gasteiger partial charge in [0.15, 0.2) is 0 Å². The topological polar surface area (TPSA) is 91.0 Å². The van der Waals surface area contributed by atoms with Crippen LogP contribution in [-0.2, 0) is 0 Å². The summed E-state index contributed by atoms with van der Waals surface area (Å²) in [5.41, 5.74) is 5.14.